The van der Waals surface area contributed by atoms with E-state index in [1.165, 1.54) is 0 Å². The fourth-order valence-electron chi connectivity index (χ4n) is 2.64. The molecule has 7 heteroatoms. The zero-order valence-corrected chi connectivity index (χ0v) is 15.5. The highest BCUT2D eigenvalue weighted by Gasteiger charge is 2.11. The number of halogens is 2. The summed E-state index contributed by atoms with van der Waals surface area (Å²) >= 11 is 12.2. The predicted molar refractivity (Wildman–Crippen MR) is 103 cm³/mol. The van der Waals surface area contributed by atoms with E-state index in [4.69, 9.17) is 28.9 Å². The van der Waals surface area contributed by atoms with Gasteiger partial charge in [0.1, 0.15) is 5.65 Å². The van der Waals surface area contributed by atoms with E-state index in [0.29, 0.717) is 22.5 Å². The lowest BCUT2D eigenvalue weighted by molar-refractivity contribution is 0.707. The number of benzene rings is 1. The van der Waals surface area contributed by atoms with Gasteiger partial charge in [-0.2, -0.15) is 0 Å². The van der Waals surface area contributed by atoms with E-state index in [9.17, 15) is 0 Å². The van der Waals surface area contributed by atoms with E-state index >= 15 is 0 Å². The molecule has 0 aliphatic carbocycles. The average molecular weight is 376 g/mol. The van der Waals surface area contributed by atoms with Gasteiger partial charge in [0.2, 0.25) is 0 Å². The molecule has 0 fully saturated rings. The van der Waals surface area contributed by atoms with Gasteiger partial charge in [0, 0.05) is 21.9 Å². The van der Waals surface area contributed by atoms with E-state index in [1.807, 2.05) is 48.7 Å². The van der Waals surface area contributed by atoms with Crippen LogP contribution in [-0.4, -0.2) is 15.3 Å². The van der Waals surface area contributed by atoms with Crippen LogP contribution in [0.3, 0.4) is 0 Å². The van der Waals surface area contributed by atoms with Crippen LogP contribution in [0, 0.1) is 6.92 Å². The molecule has 0 aliphatic rings. The minimum absolute atomic E-state index is 0.0863. The third kappa shape index (κ3) is 4.06. The lowest BCUT2D eigenvalue weighted by Crippen LogP contribution is -2.34. The summed E-state index contributed by atoms with van der Waals surface area (Å²) in [5.41, 5.74) is 9.79. The van der Waals surface area contributed by atoms with Crippen LogP contribution in [-0.2, 0) is 6.54 Å². The first-order valence-electron chi connectivity index (χ1n) is 7.89. The summed E-state index contributed by atoms with van der Waals surface area (Å²) in [7, 11) is 0. The summed E-state index contributed by atoms with van der Waals surface area (Å²) in [6, 6.07) is 11.3. The molecule has 2 heterocycles. The number of fused-ring (bicyclic) bond motifs is 1. The highest BCUT2D eigenvalue weighted by Crippen LogP contribution is 2.25. The molecule has 0 bridgehead atoms. The minimum atomic E-state index is -0.0863. The molecular formula is C18H19Cl2N5. The standard InChI is InChI=1S/C18H19Cl2N5/c1-11-4-3-5-17-24-14(10-25(11)17)9-22-18(21)23-12(2)15-7-6-13(19)8-16(15)20/h3-8,10,12H,9H2,1-2H3,(H3,21,22,23). The Bertz CT molecular complexity index is 932. The highest BCUT2D eigenvalue weighted by atomic mass is 35.5. The normalized spacial score (nSPS) is 13.2. The number of hydrogen-bond donors (Lipinski definition) is 2. The number of nitrogens with two attached hydrogens (primary N) is 1. The van der Waals surface area contributed by atoms with Crippen molar-refractivity contribution in [3.8, 4) is 0 Å². The van der Waals surface area contributed by atoms with Gasteiger partial charge < -0.3 is 15.5 Å². The summed E-state index contributed by atoms with van der Waals surface area (Å²) in [5.74, 6) is 0.340. The van der Waals surface area contributed by atoms with E-state index < -0.39 is 0 Å². The van der Waals surface area contributed by atoms with Crippen LogP contribution >= 0.6 is 23.2 Å². The first-order valence-corrected chi connectivity index (χ1v) is 8.64. The van der Waals surface area contributed by atoms with Gasteiger partial charge in [0.15, 0.2) is 5.96 Å². The Morgan fingerprint density at radius 1 is 1.32 bits per heavy atom. The molecule has 3 aromatic rings. The van der Waals surface area contributed by atoms with Crippen LogP contribution in [0.15, 0.2) is 47.6 Å². The number of aliphatic imine (C=N–C) groups is 1. The van der Waals surface area contributed by atoms with Crippen molar-refractivity contribution < 1.29 is 0 Å². The zero-order chi connectivity index (χ0) is 18.0. The number of nitrogens with zero attached hydrogens (tertiary/aromatic N) is 3. The van der Waals surface area contributed by atoms with E-state index in [0.717, 1.165) is 22.6 Å². The van der Waals surface area contributed by atoms with Crippen LogP contribution in [0.4, 0.5) is 0 Å². The molecular weight excluding hydrogens is 357 g/mol. The van der Waals surface area contributed by atoms with Crippen LogP contribution < -0.4 is 11.1 Å². The van der Waals surface area contributed by atoms with Crippen LogP contribution in [0.5, 0.6) is 0 Å². The molecule has 25 heavy (non-hydrogen) atoms. The minimum Gasteiger partial charge on any atom is -0.370 e. The van der Waals surface area contributed by atoms with Crippen molar-refractivity contribution in [3.63, 3.8) is 0 Å². The Balaban J connectivity index is 1.69. The largest absolute Gasteiger partial charge is 0.370 e. The number of imidazole rings is 1. The number of rotatable bonds is 4. The Morgan fingerprint density at radius 3 is 2.84 bits per heavy atom. The molecule has 1 unspecified atom stereocenters. The average Bonchev–Trinajstić information content (AvgIpc) is 2.97. The fourth-order valence-corrected chi connectivity index (χ4v) is 3.21. The van der Waals surface area contributed by atoms with Crippen LogP contribution in [0.1, 0.15) is 29.9 Å². The van der Waals surface area contributed by atoms with Gasteiger partial charge >= 0.3 is 0 Å². The third-order valence-electron chi connectivity index (χ3n) is 3.95. The summed E-state index contributed by atoms with van der Waals surface area (Å²) in [6.45, 7) is 4.40. The zero-order valence-electron chi connectivity index (χ0n) is 14.0. The third-order valence-corrected chi connectivity index (χ3v) is 4.51. The summed E-state index contributed by atoms with van der Waals surface area (Å²) in [4.78, 5) is 8.91. The monoisotopic (exact) mass is 375 g/mol. The molecule has 130 valence electrons. The number of aromatic nitrogens is 2. The molecule has 1 atom stereocenters. The topological polar surface area (TPSA) is 67.7 Å². The predicted octanol–water partition coefficient (Wildman–Crippen LogP) is 4.12. The van der Waals surface area contributed by atoms with E-state index in [2.05, 4.69) is 15.3 Å². The smallest absolute Gasteiger partial charge is 0.189 e. The SMILES string of the molecule is Cc1cccc2nc(CN=C(N)NC(C)c3ccc(Cl)cc3Cl)cn12. The number of hydrogen-bond acceptors (Lipinski definition) is 2. The first kappa shape index (κ1) is 17.6. The van der Waals surface area contributed by atoms with Gasteiger partial charge in [0.05, 0.1) is 18.3 Å². The lowest BCUT2D eigenvalue weighted by atomic mass is 10.1. The Kier molecular flexibility index (Phi) is 5.16. The van der Waals surface area contributed by atoms with Gasteiger partial charge in [0.25, 0.3) is 0 Å². The van der Waals surface area contributed by atoms with Crippen molar-refractivity contribution in [1.82, 2.24) is 14.7 Å². The van der Waals surface area contributed by atoms with Gasteiger partial charge in [-0.25, -0.2) is 9.98 Å². The highest BCUT2D eigenvalue weighted by molar-refractivity contribution is 6.35. The van der Waals surface area contributed by atoms with Crippen molar-refractivity contribution in [2.24, 2.45) is 10.7 Å². The van der Waals surface area contributed by atoms with Crippen molar-refractivity contribution in [1.29, 1.82) is 0 Å². The maximum absolute atomic E-state index is 6.22. The molecule has 0 amide bonds. The molecule has 3 N–H and O–H groups in total. The maximum Gasteiger partial charge on any atom is 0.189 e. The molecule has 0 saturated heterocycles. The second-order valence-electron chi connectivity index (χ2n) is 5.86. The van der Waals surface area contributed by atoms with Crippen LogP contribution in [0.2, 0.25) is 10.0 Å². The van der Waals surface area contributed by atoms with E-state index in [1.54, 1.807) is 12.1 Å². The van der Waals surface area contributed by atoms with Crippen molar-refractivity contribution in [2.45, 2.75) is 26.4 Å². The summed E-state index contributed by atoms with van der Waals surface area (Å²) < 4.78 is 2.03. The number of nitrogens with one attached hydrogen (secondary N) is 1. The molecule has 2 aromatic heterocycles. The Morgan fingerprint density at radius 2 is 2.12 bits per heavy atom. The lowest BCUT2D eigenvalue weighted by Gasteiger charge is -2.16. The molecule has 1 aromatic carbocycles. The Labute approximate surface area is 156 Å². The second-order valence-corrected chi connectivity index (χ2v) is 6.70. The molecule has 3 rings (SSSR count). The van der Waals surface area contributed by atoms with E-state index in [-0.39, 0.29) is 6.04 Å². The first-order chi connectivity index (χ1) is 11.9. The number of pyridine rings is 1. The maximum atomic E-state index is 6.22. The molecule has 0 spiro atoms. The Hall–Kier alpha value is -2.24. The van der Waals surface area contributed by atoms with Crippen LogP contribution in [0.25, 0.3) is 5.65 Å². The van der Waals surface area contributed by atoms with Gasteiger partial charge in [-0.3, -0.25) is 0 Å². The summed E-state index contributed by atoms with van der Waals surface area (Å²) in [5, 5.41) is 4.33. The van der Waals surface area contributed by atoms with Gasteiger partial charge in [-0.05, 0) is 43.7 Å². The molecule has 0 radical (unpaired) electrons. The fraction of sp³-hybridized carbons (Fsp3) is 0.222. The second kappa shape index (κ2) is 7.33. The molecule has 0 saturated carbocycles. The summed E-state index contributed by atoms with van der Waals surface area (Å²) in [6.07, 6.45) is 1.97. The number of guanidine groups is 1. The quantitative estimate of drug-likeness (QED) is 0.532. The van der Waals surface area contributed by atoms with Crippen molar-refractivity contribution >= 4 is 34.8 Å². The van der Waals surface area contributed by atoms with Gasteiger partial charge in [-0.1, -0.05) is 35.3 Å². The van der Waals surface area contributed by atoms with Gasteiger partial charge in [-0.15, -0.1) is 0 Å². The molecule has 0 aliphatic heterocycles. The van der Waals surface area contributed by atoms with Crippen molar-refractivity contribution in [2.75, 3.05) is 0 Å². The molecule has 5 nitrogen and oxygen atoms in total. The van der Waals surface area contributed by atoms with Crippen molar-refractivity contribution in [3.05, 3.63) is 69.6 Å². The number of aryl methyl sites for hydroxylation is 1.